The molecule has 1 saturated heterocycles. The summed E-state index contributed by atoms with van der Waals surface area (Å²) in [5.41, 5.74) is -0.333. The highest BCUT2D eigenvalue weighted by molar-refractivity contribution is 6.10. The Balaban J connectivity index is 1.51. The monoisotopic (exact) mass is 382 g/mol. The first-order valence-electron chi connectivity index (χ1n) is 9.37. The average molecular weight is 382 g/mol. The van der Waals surface area contributed by atoms with Gasteiger partial charge in [0.15, 0.2) is 5.82 Å². The van der Waals surface area contributed by atoms with Gasteiger partial charge in [-0.25, -0.2) is 14.5 Å². The lowest BCUT2D eigenvalue weighted by atomic mass is 9.81. The predicted octanol–water partition coefficient (Wildman–Crippen LogP) is 1.80. The van der Waals surface area contributed by atoms with Gasteiger partial charge >= 0.3 is 6.03 Å². The van der Waals surface area contributed by atoms with Crippen molar-refractivity contribution in [2.75, 3.05) is 18.9 Å². The molecule has 4 amide bonds. The highest BCUT2D eigenvalue weighted by Crippen LogP contribution is 2.39. The van der Waals surface area contributed by atoms with E-state index in [-0.39, 0.29) is 12.5 Å². The molecule has 1 spiro atoms. The second-order valence-electron chi connectivity index (χ2n) is 7.20. The number of carbonyl (C=O) groups is 3. The number of anilines is 1. The Kier molecular flexibility index (Phi) is 4.58. The van der Waals surface area contributed by atoms with Crippen LogP contribution in [-0.4, -0.2) is 61.5 Å². The minimum Gasteiger partial charge on any atom is -0.321 e. The Morgan fingerprint density at radius 2 is 1.96 bits per heavy atom. The summed E-state index contributed by atoms with van der Waals surface area (Å²) >= 11 is 0. The van der Waals surface area contributed by atoms with Crippen molar-refractivity contribution in [1.82, 2.24) is 24.6 Å². The molecule has 28 heavy (non-hydrogen) atoms. The topological polar surface area (TPSA) is 100 Å². The molecule has 1 aliphatic heterocycles. The van der Waals surface area contributed by atoms with E-state index < -0.39 is 17.5 Å². The van der Waals surface area contributed by atoms with Gasteiger partial charge in [0.05, 0.1) is 5.69 Å². The SMILES string of the molecule is CN1C(=O)N(CC(=O)Nc2cccnc2-n2cccn2)C(=O)C12CCCCC2. The summed E-state index contributed by atoms with van der Waals surface area (Å²) in [5, 5.41) is 6.87. The van der Waals surface area contributed by atoms with Gasteiger partial charge in [-0.3, -0.25) is 14.5 Å². The van der Waals surface area contributed by atoms with Gasteiger partial charge in [-0.2, -0.15) is 5.10 Å². The van der Waals surface area contributed by atoms with Gasteiger partial charge in [-0.1, -0.05) is 19.3 Å². The first kappa shape index (κ1) is 18.1. The van der Waals surface area contributed by atoms with Crippen LogP contribution in [0.15, 0.2) is 36.8 Å². The fourth-order valence-electron chi connectivity index (χ4n) is 4.08. The molecule has 1 N–H and O–H groups in total. The lowest BCUT2D eigenvalue weighted by Crippen LogP contribution is -2.49. The molecule has 2 aromatic rings. The lowest BCUT2D eigenvalue weighted by molar-refractivity contribution is -0.136. The van der Waals surface area contributed by atoms with Crippen LogP contribution in [0.2, 0.25) is 0 Å². The van der Waals surface area contributed by atoms with Gasteiger partial charge in [-0.05, 0) is 31.0 Å². The standard InChI is InChI=1S/C19H22N6O3/c1-23-18(28)24(17(27)19(23)8-3-2-4-9-19)13-15(26)22-14-7-5-10-20-16(14)25-12-6-11-21-25/h5-7,10-12H,2-4,8-9,13H2,1H3,(H,22,26). The molecule has 2 aliphatic rings. The van der Waals surface area contributed by atoms with Crippen LogP contribution in [0.5, 0.6) is 0 Å². The molecule has 0 bridgehead atoms. The van der Waals surface area contributed by atoms with E-state index in [1.807, 2.05) is 0 Å². The molecule has 2 aromatic heterocycles. The van der Waals surface area contributed by atoms with E-state index in [9.17, 15) is 14.4 Å². The van der Waals surface area contributed by atoms with Gasteiger partial charge in [-0.15, -0.1) is 0 Å². The summed E-state index contributed by atoms with van der Waals surface area (Å²) in [5.74, 6) is -0.265. The molecule has 4 rings (SSSR count). The van der Waals surface area contributed by atoms with E-state index in [2.05, 4.69) is 15.4 Å². The Labute approximate surface area is 162 Å². The van der Waals surface area contributed by atoms with Crippen LogP contribution in [0.4, 0.5) is 10.5 Å². The van der Waals surface area contributed by atoms with Gasteiger partial charge < -0.3 is 10.2 Å². The Bertz CT molecular complexity index is 904. The number of nitrogens with zero attached hydrogens (tertiary/aromatic N) is 5. The van der Waals surface area contributed by atoms with Crippen molar-refractivity contribution in [3.05, 3.63) is 36.8 Å². The van der Waals surface area contributed by atoms with Crippen molar-refractivity contribution in [1.29, 1.82) is 0 Å². The largest absolute Gasteiger partial charge is 0.327 e. The third kappa shape index (κ3) is 2.92. The number of imide groups is 1. The number of hydrogen-bond donors (Lipinski definition) is 1. The molecule has 2 fully saturated rings. The smallest absolute Gasteiger partial charge is 0.321 e. The van der Waals surface area contributed by atoms with Crippen LogP contribution in [0.1, 0.15) is 32.1 Å². The zero-order valence-electron chi connectivity index (χ0n) is 15.7. The van der Waals surface area contributed by atoms with Crippen LogP contribution in [0, 0.1) is 0 Å². The molecule has 9 nitrogen and oxygen atoms in total. The number of aromatic nitrogens is 3. The number of urea groups is 1. The summed E-state index contributed by atoms with van der Waals surface area (Å²) in [6.45, 7) is -0.322. The number of pyridine rings is 1. The van der Waals surface area contributed by atoms with Crippen molar-refractivity contribution in [2.24, 2.45) is 0 Å². The van der Waals surface area contributed by atoms with Gasteiger partial charge in [0, 0.05) is 25.6 Å². The van der Waals surface area contributed by atoms with Crippen molar-refractivity contribution < 1.29 is 14.4 Å². The van der Waals surface area contributed by atoms with Crippen LogP contribution < -0.4 is 5.32 Å². The van der Waals surface area contributed by atoms with Crippen LogP contribution in [-0.2, 0) is 9.59 Å². The molecule has 0 aromatic carbocycles. The maximum atomic E-state index is 13.0. The van der Waals surface area contributed by atoms with E-state index in [0.29, 0.717) is 24.3 Å². The average Bonchev–Trinajstić information content (AvgIpc) is 3.30. The van der Waals surface area contributed by atoms with Crippen LogP contribution in [0.25, 0.3) is 5.82 Å². The second-order valence-corrected chi connectivity index (χ2v) is 7.20. The van der Waals surface area contributed by atoms with E-state index in [1.165, 1.54) is 9.58 Å². The number of likely N-dealkylation sites (N-methyl/N-ethyl adjacent to an activating group) is 1. The van der Waals surface area contributed by atoms with Crippen molar-refractivity contribution in [3.63, 3.8) is 0 Å². The zero-order chi connectivity index (χ0) is 19.7. The third-order valence-electron chi connectivity index (χ3n) is 5.57. The fourth-order valence-corrected chi connectivity index (χ4v) is 4.08. The molecular formula is C19H22N6O3. The number of rotatable bonds is 4. The van der Waals surface area contributed by atoms with Gasteiger partial charge in [0.1, 0.15) is 12.1 Å². The fraction of sp³-hybridized carbons (Fsp3) is 0.421. The first-order chi connectivity index (χ1) is 13.5. The molecule has 1 aliphatic carbocycles. The number of hydrogen-bond acceptors (Lipinski definition) is 5. The highest BCUT2D eigenvalue weighted by Gasteiger charge is 2.55. The minimum absolute atomic E-state index is 0.270. The van der Waals surface area contributed by atoms with E-state index in [0.717, 1.165) is 24.2 Å². The molecule has 1 saturated carbocycles. The maximum Gasteiger partial charge on any atom is 0.327 e. The predicted molar refractivity (Wildman–Crippen MR) is 101 cm³/mol. The van der Waals surface area contributed by atoms with E-state index >= 15 is 0 Å². The van der Waals surface area contributed by atoms with Crippen molar-refractivity contribution >= 4 is 23.5 Å². The van der Waals surface area contributed by atoms with Crippen LogP contribution in [0.3, 0.4) is 0 Å². The second kappa shape index (κ2) is 7.06. The number of amides is 4. The number of nitrogens with one attached hydrogen (secondary N) is 1. The Morgan fingerprint density at radius 1 is 1.18 bits per heavy atom. The minimum atomic E-state index is -0.788. The van der Waals surface area contributed by atoms with Crippen molar-refractivity contribution in [2.45, 2.75) is 37.6 Å². The van der Waals surface area contributed by atoms with E-state index in [4.69, 9.17) is 0 Å². The Hall–Kier alpha value is -3.23. The summed E-state index contributed by atoms with van der Waals surface area (Å²) in [4.78, 5) is 45.1. The summed E-state index contributed by atoms with van der Waals surface area (Å²) < 4.78 is 1.53. The molecule has 3 heterocycles. The van der Waals surface area contributed by atoms with Crippen molar-refractivity contribution in [3.8, 4) is 5.82 Å². The van der Waals surface area contributed by atoms with Gasteiger partial charge in [0.2, 0.25) is 5.91 Å². The van der Waals surface area contributed by atoms with Crippen LogP contribution >= 0.6 is 0 Å². The Morgan fingerprint density at radius 3 is 2.68 bits per heavy atom. The number of carbonyl (C=O) groups excluding carboxylic acids is 3. The molecule has 146 valence electrons. The maximum absolute atomic E-state index is 13.0. The molecule has 0 unspecified atom stereocenters. The summed E-state index contributed by atoms with van der Waals surface area (Å²) in [6, 6.07) is 4.73. The zero-order valence-corrected chi connectivity index (χ0v) is 15.7. The summed E-state index contributed by atoms with van der Waals surface area (Å²) in [6.07, 6.45) is 9.11. The normalized spacial score (nSPS) is 18.8. The third-order valence-corrected chi connectivity index (χ3v) is 5.57. The first-order valence-corrected chi connectivity index (χ1v) is 9.37. The highest BCUT2D eigenvalue weighted by atomic mass is 16.2. The molecular weight excluding hydrogens is 360 g/mol. The lowest BCUT2D eigenvalue weighted by Gasteiger charge is -2.35. The van der Waals surface area contributed by atoms with E-state index in [1.54, 1.807) is 43.8 Å². The summed E-state index contributed by atoms with van der Waals surface area (Å²) in [7, 11) is 1.65. The molecule has 0 atom stereocenters. The molecule has 0 radical (unpaired) electrons. The molecule has 9 heteroatoms. The van der Waals surface area contributed by atoms with Gasteiger partial charge in [0.25, 0.3) is 5.91 Å². The quantitative estimate of drug-likeness (QED) is 0.813.